The van der Waals surface area contributed by atoms with Crippen molar-refractivity contribution in [2.24, 2.45) is 5.92 Å². The Labute approximate surface area is 142 Å². The lowest BCUT2D eigenvalue weighted by Gasteiger charge is -2.33. The standard InChI is InChI=1S/C18H25NO5/c1-18(2,3)24-16(20)19-11-9-14(10-12-19)13-22-17(21)23-15-7-5-4-6-8-15/h4-8,14H,9-13H2,1-3H3. The summed E-state index contributed by atoms with van der Waals surface area (Å²) in [6.45, 7) is 7.07. The van der Waals surface area contributed by atoms with E-state index in [-0.39, 0.29) is 12.0 Å². The lowest BCUT2D eigenvalue weighted by molar-refractivity contribution is 0.0132. The second-order valence-corrected chi connectivity index (χ2v) is 6.89. The topological polar surface area (TPSA) is 65.1 Å². The number of amides is 1. The predicted molar refractivity (Wildman–Crippen MR) is 88.9 cm³/mol. The van der Waals surface area contributed by atoms with Gasteiger partial charge >= 0.3 is 12.2 Å². The van der Waals surface area contributed by atoms with Crippen LogP contribution in [0.2, 0.25) is 0 Å². The number of rotatable bonds is 3. The molecule has 1 aromatic rings. The van der Waals surface area contributed by atoms with E-state index in [1.807, 2.05) is 26.8 Å². The maximum atomic E-state index is 12.0. The third-order valence-electron chi connectivity index (χ3n) is 3.65. The van der Waals surface area contributed by atoms with Crippen molar-refractivity contribution in [2.45, 2.75) is 39.2 Å². The molecule has 6 nitrogen and oxygen atoms in total. The van der Waals surface area contributed by atoms with Crippen LogP contribution in [-0.2, 0) is 9.47 Å². The van der Waals surface area contributed by atoms with Crippen LogP contribution >= 0.6 is 0 Å². The number of carbonyl (C=O) groups excluding carboxylic acids is 2. The first-order chi connectivity index (χ1) is 11.3. The van der Waals surface area contributed by atoms with E-state index in [4.69, 9.17) is 14.2 Å². The number of ether oxygens (including phenoxy) is 3. The van der Waals surface area contributed by atoms with E-state index in [0.717, 1.165) is 12.8 Å². The molecular weight excluding hydrogens is 310 g/mol. The molecule has 0 N–H and O–H groups in total. The van der Waals surface area contributed by atoms with Crippen LogP contribution in [0.25, 0.3) is 0 Å². The summed E-state index contributed by atoms with van der Waals surface area (Å²) in [5.41, 5.74) is -0.488. The third kappa shape index (κ3) is 6.10. The summed E-state index contributed by atoms with van der Waals surface area (Å²) in [6.07, 6.45) is 0.566. The highest BCUT2D eigenvalue weighted by molar-refractivity contribution is 5.68. The van der Waals surface area contributed by atoms with Crippen molar-refractivity contribution in [3.8, 4) is 5.75 Å². The molecule has 1 fully saturated rings. The predicted octanol–water partition coefficient (Wildman–Crippen LogP) is 3.85. The molecule has 0 atom stereocenters. The summed E-state index contributed by atoms with van der Waals surface area (Å²) in [5.74, 6) is 0.689. The summed E-state index contributed by atoms with van der Waals surface area (Å²) < 4.78 is 15.6. The smallest absolute Gasteiger partial charge is 0.444 e. The van der Waals surface area contributed by atoms with Crippen LogP contribution in [0.1, 0.15) is 33.6 Å². The summed E-state index contributed by atoms with van der Waals surface area (Å²) in [7, 11) is 0. The van der Waals surface area contributed by atoms with E-state index in [9.17, 15) is 9.59 Å². The minimum Gasteiger partial charge on any atom is -0.444 e. The maximum absolute atomic E-state index is 12.0. The van der Waals surface area contributed by atoms with Gasteiger partial charge in [-0.05, 0) is 51.7 Å². The Morgan fingerprint density at radius 3 is 2.33 bits per heavy atom. The van der Waals surface area contributed by atoms with Gasteiger partial charge in [0.15, 0.2) is 0 Å². The first-order valence-corrected chi connectivity index (χ1v) is 8.21. The van der Waals surface area contributed by atoms with Crippen LogP contribution in [0, 0.1) is 5.92 Å². The largest absolute Gasteiger partial charge is 0.513 e. The molecule has 1 amide bonds. The second-order valence-electron chi connectivity index (χ2n) is 6.89. The zero-order valence-electron chi connectivity index (χ0n) is 14.5. The van der Waals surface area contributed by atoms with Crippen LogP contribution in [0.4, 0.5) is 9.59 Å². The summed E-state index contributed by atoms with van der Waals surface area (Å²) in [4.78, 5) is 25.3. The molecule has 0 bridgehead atoms. The van der Waals surface area contributed by atoms with Gasteiger partial charge < -0.3 is 19.1 Å². The van der Waals surface area contributed by atoms with Gasteiger partial charge in [0.1, 0.15) is 11.4 Å². The molecule has 132 valence electrons. The minimum atomic E-state index is -0.698. The molecule has 6 heteroatoms. The molecule has 2 rings (SSSR count). The van der Waals surface area contributed by atoms with Gasteiger partial charge in [0.2, 0.25) is 0 Å². The molecule has 0 radical (unpaired) electrons. The molecule has 1 aliphatic heterocycles. The van der Waals surface area contributed by atoms with Crippen molar-refractivity contribution in [1.29, 1.82) is 0 Å². The highest BCUT2D eigenvalue weighted by atomic mass is 16.7. The molecule has 0 aromatic heterocycles. The van der Waals surface area contributed by atoms with E-state index in [0.29, 0.717) is 25.4 Å². The Morgan fingerprint density at radius 1 is 1.12 bits per heavy atom. The van der Waals surface area contributed by atoms with E-state index in [1.54, 1.807) is 29.2 Å². The van der Waals surface area contributed by atoms with Crippen molar-refractivity contribution in [3.63, 3.8) is 0 Å². The van der Waals surface area contributed by atoms with Gasteiger partial charge in [0.25, 0.3) is 0 Å². The van der Waals surface area contributed by atoms with Gasteiger partial charge in [-0.2, -0.15) is 0 Å². The number of hydrogen-bond donors (Lipinski definition) is 0. The third-order valence-corrected chi connectivity index (χ3v) is 3.65. The maximum Gasteiger partial charge on any atom is 0.513 e. The first-order valence-electron chi connectivity index (χ1n) is 8.21. The Morgan fingerprint density at radius 2 is 1.75 bits per heavy atom. The first kappa shape index (κ1) is 18.1. The molecule has 1 heterocycles. The minimum absolute atomic E-state index is 0.229. The summed E-state index contributed by atoms with van der Waals surface area (Å²) in [5, 5.41) is 0. The van der Waals surface area contributed by atoms with Crippen molar-refractivity contribution in [2.75, 3.05) is 19.7 Å². The van der Waals surface area contributed by atoms with Gasteiger partial charge in [0.05, 0.1) is 6.61 Å². The molecule has 1 aromatic carbocycles. The Kier molecular flexibility index (Phi) is 6.06. The molecule has 1 aliphatic rings. The van der Waals surface area contributed by atoms with Gasteiger partial charge in [-0.3, -0.25) is 0 Å². The Bertz CT molecular complexity index is 544. The van der Waals surface area contributed by atoms with Gasteiger partial charge in [-0.1, -0.05) is 18.2 Å². The lowest BCUT2D eigenvalue weighted by Crippen LogP contribution is -2.42. The van der Waals surface area contributed by atoms with Crippen LogP contribution in [0.15, 0.2) is 30.3 Å². The normalized spacial score (nSPS) is 15.7. The van der Waals surface area contributed by atoms with Crippen LogP contribution in [-0.4, -0.2) is 42.4 Å². The zero-order valence-corrected chi connectivity index (χ0v) is 14.5. The highest BCUT2D eigenvalue weighted by Crippen LogP contribution is 2.20. The van der Waals surface area contributed by atoms with Crippen molar-refractivity contribution in [1.82, 2.24) is 4.90 Å². The van der Waals surface area contributed by atoms with E-state index in [1.165, 1.54) is 0 Å². The number of carbonyl (C=O) groups is 2. The van der Waals surface area contributed by atoms with E-state index < -0.39 is 11.8 Å². The number of benzene rings is 1. The molecule has 24 heavy (non-hydrogen) atoms. The Balaban J connectivity index is 1.68. The Hall–Kier alpha value is -2.24. The lowest BCUT2D eigenvalue weighted by atomic mass is 9.98. The molecule has 0 saturated carbocycles. The second kappa shape index (κ2) is 8.04. The van der Waals surface area contributed by atoms with Crippen LogP contribution in [0.5, 0.6) is 5.75 Å². The van der Waals surface area contributed by atoms with Gasteiger partial charge in [0, 0.05) is 13.1 Å². The van der Waals surface area contributed by atoms with Crippen molar-refractivity contribution in [3.05, 3.63) is 30.3 Å². The quantitative estimate of drug-likeness (QED) is 0.620. The van der Waals surface area contributed by atoms with E-state index in [2.05, 4.69) is 0 Å². The van der Waals surface area contributed by atoms with Crippen molar-refractivity contribution < 1.29 is 23.8 Å². The monoisotopic (exact) mass is 335 g/mol. The molecule has 0 spiro atoms. The summed E-state index contributed by atoms with van der Waals surface area (Å²) in [6, 6.07) is 8.81. The number of likely N-dealkylation sites (tertiary alicyclic amines) is 1. The molecule has 0 unspecified atom stereocenters. The number of piperidine rings is 1. The fourth-order valence-electron chi connectivity index (χ4n) is 2.41. The van der Waals surface area contributed by atoms with Crippen LogP contribution in [0.3, 0.4) is 0 Å². The average molecular weight is 335 g/mol. The number of nitrogens with zero attached hydrogens (tertiary/aromatic N) is 1. The van der Waals surface area contributed by atoms with Gasteiger partial charge in [-0.25, -0.2) is 9.59 Å². The molecular formula is C18H25NO5. The van der Waals surface area contributed by atoms with Crippen molar-refractivity contribution >= 4 is 12.2 Å². The fraction of sp³-hybridized carbons (Fsp3) is 0.556. The highest BCUT2D eigenvalue weighted by Gasteiger charge is 2.27. The van der Waals surface area contributed by atoms with Crippen LogP contribution < -0.4 is 4.74 Å². The fourth-order valence-corrected chi connectivity index (χ4v) is 2.41. The SMILES string of the molecule is CC(C)(C)OC(=O)N1CCC(COC(=O)Oc2ccccc2)CC1. The molecule has 1 saturated heterocycles. The molecule has 0 aliphatic carbocycles. The van der Waals surface area contributed by atoms with E-state index >= 15 is 0 Å². The van der Waals surface area contributed by atoms with Gasteiger partial charge in [-0.15, -0.1) is 0 Å². The number of hydrogen-bond acceptors (Lipinski definition) is 5. The average Bonchev–Trinajstić information content (AvgIpc) is 2.53. The zero-order chi connectivity index (χ0) is 17.6. The number of para-hydroxylation sites is 1. The summed E-state index contributed by atoms with van der Waals surface area (Å²) >= 11 is 0.